The topological polar surface area (TPSA) is 46.6 Å². The lowest BCUT2D eigenvalue weighted by Gasteiger charge is -2.21. The van der Waals surface area contributed by atoms with Crippen molar-refractivity contribution in [3.8, 4) is 0 Å². The molecular formula is C11H14Br2ClNO3S. The first-order valence-electron chi connectivity index (χ1n) is 5.43. The molecule has 0 fully saturated rings. The van der Waals surface area contributed by atoms with Crippen molar-refractivity contribution in [2.45, 2.75) is 4.90 Å². The minimum Gasteiger partial charge on any atom is -0.383 e. The SMILES string of the molecule is COCCN(CCCl)S(=O)(=O)c1cc(Br)ccc1Br. The molecular weight excluding hydrogens is 421 g/mol. The van der Waals surface area contributed by atoms with Crippen LogP contribution in [-0.4, -0.2) is 45.4 Å². The lowest BCUT2D eigenvalue weighted by Crippen LogP contribution is -2.35. The Hall–Kier alpha value is 0.340. The molecule has 0 N–H and O–H groups in total. The lowest BCUT2D eigenvalue weighted by molar-refractivity contribution is 0.180. The van der Waals surface area contributed by atoms with Crippen LogP contribution in [0.3, 0.4) is 0 Å². The van der Waals surface area contributed by atoms with E-state index >= 15 is 0 Å². The summed E-state index contributed by atoms with van der Waals surface area (Å²) in [6.07, 6.45) is 0. The lowest BCUT2D eigenvalue weighted by atomic mass is 10.4. The van der Waals surface area contributed by atoms with Crippen LogP contribution in [0.1, 0.15) is 0 Å². The van der Waals surface area contributed by atoms with Crippen LogP contribution in [0, 0.1) is 0 Å². The van der Waals surface area contributed by atoms with E-state index in [0.717, 1.165) is 0 Å². The van der Waals surface area contributed by atoms with Crippen LogP contribution in [0.15, 0.2) is 32.0 Å². The first-order chi connectivity index (χ1) is 8.93. The largest absolute Gasteiger partial charge is 0.383 e. The Morgan fingerprint density at radius 1 is 1.32 bits per heavy atom. The van der Waals surface area contributed by atoms with Crippen LogP contribution < -0.4 is 0 Å². The molecule has 0 atom stereocenters. The Bertz CT molecular complexity index is 525. The van der Waals surface area contributed by atoms with Gasteiger partial charge in [0.1, 0.15) is 0 Å². The molecule has 1 aromatic carbocycles. The van der Waals surface area contributed by atoms with Gasteiger partial charge < -0.3 is 4.74 Å². The summed E-state index contributed by atoms with van der Waals surface area (Å²) in [5.41, 5.74) is 0. The highest BCUT2D eigenvalue weighted by molar-refractivity contribution is 9.11. The quantitative estimate of drug-likeness (QED) is 0.619. The third-order valence-electron chi connectivity index (χ3n) is 2.39. The number of hydrogen-bond acceptors (Lipinski definition) is 3. The zero-order valence-electron chi connectivity index (χ0n) is 10.3. The van der Waals surface area contributed by atoms with Gasteiger partial charge in [0.25, 0.3) is 0 Å². The maximum atomic E-state index is 12.6. The third kappa shape index (κ3) is 4.68. The summed E-state index contributed by atoms with van der Waals surface area (Å²) in [6.45, 7) is 0.832. The van der Waals surface area contributed by atoms with Gasteiger partial charge in [-0.3, -0.25) is 0 Å². The summed E-state index contributed by atoms with van der Waals surface area (Å²) in [4.78, 5) is 0.211. The number of sulfonamides is 1. The van der Waals surface area contributed by atoms with Gasteiger partial charge in [0.15, 0.2) is 0 Å². The Morgan fingerprint density at radius 2 is 2.00 bits per heavy atom. The van der Waals surface area contributed by atoms with Crippen molar-refractivity contribution in [1.29, 1.82) is 0 Å². The molecule has 0 heterocycles. The van der Waals surface area contributed by atoms with Crippen molar-refractivity contribution in [3.63, 3.8) is 0 Å². The second kappa shape index (κ2) is 7.95. The van der Waals surface area contributed by atoms with Gasteiger partial charge in [-0.25, -0.2) is 8.42 Å². The molecule has 0 aliphatic heterocycles. The van der Waals surface area contributed by atoms with Crippen molar-refractivity contribution in [3.05, 3.63) is 27.1 Å². The molecule has 0 aliphatic rings. The fraction of sp³-hybridized carbons (Fsp3) is 0.455. The van der Waals surface area contributed by atoms with Crippen LogP contribution >= 0.6 is 43.5 Å². The van der Waals surface area contributed by atoms with Gasteiger partial charge in [0, 0.05) is 35.0 Å². The van der Waals surface area contributed by atoms with E-state index in [1.165, 1.54) is 11.4 Å². The number of ether oxygens (including phenoxy) is 1. The van der Waals surface area contributed by atoms with Crippen LogP contribution in [0.4, 0.5) is 0 Å². The van der Waals surface area contributed by atoms with E-state index in [4.69, 9.17) is 16.3 Å². The number of methoxy groups -OCH3 is 1. The molecule has 108 valence electrons. The van der Waals surface area contributed by atoms with E-state index in [9.17, 15) is 8.42 Å². The van der Waals surface area contributed by atoms with Crippen LogP contribution in [0.25, 0.3) is 0 Å². The van der Waals surface area contributed by atoms with Gasteiger partial charge in [-0.05, 0) is 34.1 Å². The molecule has 0 radical (unpaired) electrons. The summed E-state index contributed by atoms with van der Waals surface area (Å²) in [5, 5.41) is 0. The van der Waals surface area contributed by atoms with Crippen molar-refractivity contribution < 1.29 is 13.2 Å². The predicted molar refractivity (Wildman–Crippen MR) is 83.2 cm³/mol. The molecule has 8 heteroatoms. The highest BCUT2D eigenvalue weighted by Crippen LogP contribution is 2.28. The Morgan fingerprint density at radius 3 is 2.58 bits per heavy atom. The summed E-state index contributed by atoms with van der Waals surface area (Å²) >= 11 is 12.2. The predicted octanol–water partition coefficient (Wildman–Crippen LogP) is 3.09. The van der Waals surface area contributed by atoms with E-state index in [2.05, 4.69) is 31.9 Å². The molecule has 0 saturated heterocycles. The van der Waals surface area contributed by atoms with E-state index in [1.807, 2.05) is 0 Å². The van der Waals surface area contributed by atoms with E-state index in [1.54, 1.807) is 18.2 Å². The molecule has 1 rings (SSSR count). The number of hydrogen-bond donors (Lipinski definition) is 0. The molecule has 1 aromatic rings. The standard InChI is InChI=1S/C11H14Br2ClNO3S/c1-18-7-6-15(5-4-14)19(16,17)11-8-9(12)2-3-10(11)13/h2-3,8H,4-7H2,1H3. The fourth-order valence-corrected chi connectivity index (χ4v) is 4.65. The molecule has 19 heavy (non-hydrogen) atoms. The summed E-state index contributed by atoms with van der Waals surface area (Å²) < 4.78 is 32.6. The van der Waals surface area contributed by atoms with Gasteiger partial charge in [-0.2, -0.15) is 4.31 Å². The monoisotopic (exact) mass is 433 g/mol. The Labute approximate surface area is 135 Å². The molecule has 0 aliphatic carbocycles. The number of alkyl halides is 1. The third-order valence-corrected chi connectivity index (χ3v) is 5.94. The van der Waals surface area contributed by atoms with Gasteiger partial charge in [-0.15, -0.1) is 11.6 Å². The first kappa shape index (κ1) is 17.4. The Balaban J connectivity index is 3.14. The van der Waals surface area contributed by atoms with E-state index in [0.29, 0.717) is 15.6 Å². The minimum absolute atomic E-state index is 0.211. The number of halogens is 3. The van der Waals surface area contributed by atoms with Crippen molar-refractivity contribution >= 4 is 53.5 Å². The maximum Gasteiger partial charge on any atom is 0.244 e. The van der Waals surface area contributed by atoms with Crippen LogP contribution in [0.5, 0.6) is 0 Å². The molecule has 0 amide bonds. The number of rotatable bonds is 7. The van der Waals surface area contributed by atoms with Gasteiger partial charge in [-0.1, -0.05) is 15.9 Å². The highest BCUT2D eigenvalue weighted by Gasteiger charge is 2.26. The summed E-state index contributed by atoms with van der Waals surface area (Å²) in [6, 6.07) is 5.02. The first-order valence-corrected chi connectivity index (χ1v) is 8.99. The number of nitrogens with zero attached hydrogens (tertiary/aromatic N) is 1. The molecule has 0 aromatic heterocycles. The zero-order chi connectivity index (χ0) is 14.5. The summed E-state index contributed by atoms with van der Waals surface area (Å²) in [7, 11) is -2.07. The average molecular weight is 436 g/mol. The smallest absolute Gasteiger partial charge is 0.244 e. The molecule has 0 saturated carbocycles. The van der Waals surface area contributed by atoms with Crippen LogP contribution in [-0.2, 0) is 14.8 Å². The zero-order valence-corrected chi connectivity index (χ0v) is 15.0. The summed E-state index contributed by atoms with van der Waals surface area (Å²) in [5.74, 6) is 0.231. The van der Waals surface area contributed by atoms with Crippen molar-refractivity contribution in [2.75, 3.05) is 32.7 Å². The van der Waals surface area contributed by atoms with Gasteiger partial charge in [0.2, 0.25) is 10.0 Å². The van der Waals surface area contributed by atoms with E-state index < -0.39 is 10.0 Å². The Kier molecular flexibility index (Phi) is 7.28. The van der Waals surface area contributed by atoms with Gasteiger partial charge in [0.05, 0.1) is 11.5 Å². The van der Waals surface area contributed by atoms with E-state index in [-0.39, 0.29) is 23.9 Å². The van der Waals surface area contributed by atoms with Gasteiger partial charge >= 0.3 is 0 Å². The molecule has 0 bridgehead atoms. The van der Waals surface area contributed by atoms with Crippen LogP contribution in [0.2, 0.25) is 0 Å². The maximum absolute atomic E-state index is 12.6. The van der Waals surface area contributed by atoms with Crippen molar-refractivity contribution in [1.82, 2.24) is 4.31 Å². The normalized spacial score (nSPS) is 12.1. The molecule has 4 nitrogen and oxygen atoms in total. The number of benzene rings is 1. The second-order valence-corrected chi connectivity index (χ2v) is 7.71. The minimum atomic E-state index is -3.60. The molecule has 0 unspecified atom stereocenters. The average Bonchev–Trinajstić information content (AvgIpc) is 2.37. The fourth-order valence-electron chi connectivity index (χ4n) is 1.45. The highest BCUT2D eigenvalue weighted by atomic mass is 79.9. The van der Waals surface area contributed by atoms with Crippen molar-refractivity contribution in [2.24, 2.45) is 0 Å². The molecule has 0 spiro atoms. The second-order valence-electron chi connectivity index (χ2n) is 3.66.